The number of halogens is 1. The van der Waals surface area contributed by atoms with Gasteiger partial charge in [0.15, 0.2) is 0 Å². The number of carbonyl (C=O) groups excluding carboxylic acids is 1. The van der Waals surface area contributed by atoms with Gasteiger partial charge in [0.1, 0.15) is 5.69 Å². The fraction of sp³-hybridized carbons (Fsp3) is 0.0800. The zero-order valence-electron chi connectivity index (χ0n) is 18.3. The molecule has 0 saturated carbocycles. The van der Waals surface area contributed by atoms with E-state index >= 15 is 0 Å². The second-order valence-corrected chi connectivity index (χ2v) is 9.54. The largest absolute Gasteiger partial charge is 0.395 e. The van der Waals surface area contributed by atoms with Crippen molar-refractivity contribution in [1.29, 1.82) is 0 Å². The fourth-order valence-corrected chi connectivity index (χ4v) is 4.84. The Hall–Kier alpha value is -4.08. The van der Waals surface area contributed by atoms with Gasteiger partial charge in [0, 0.05) is 29.3 Å². The summed E-state index contributed by atoms with van der Waals surface area (Å²) < 4.78 is 3.43. The first kappa shape index (κ1) is 22.7. The smallest absolute Gasteiger partial charge is 0.278 e. The molecule has 0 amide bonds. The van der Waals surface area contributed by atoms with Crippen LogP contribution in [-0.4, -0.2) is 30.5 Å². The Morgan fingerprint density at radius 1 is 1.03 bits per heavy atom. The SMILES string of the molecule is Nc1c(-c2cccn(Cc3cccnn3)c2=O)nn(C(=O)c2ccccc2)c1Cc1ccc(Cl)s1. The van der Waals surface area contributed by atoms with Crippen LogP contribution in [0.3, 0.4) is 0 Å². The van der Waals surface area contributed by atoms with Gasteiger partial charge in [-0.15, -0.1) is 11.3 Å². The quantitative estimate of drug-likeness (QED) is 0.374. The number of thiophene rings is 1. The van der Waals surface area contributed by atoms with Crippen LogP contribution in [0.5, 0.6) is 0 Å². The molecule has 0 fully saturated rings. The second-order valence-electron chi connectivity index (χ2n) is 7.74. The molecule has 0 aliphatic rings. The first-order valence-electron chi connectivity index (χ1n) is 10.7. The molecule has 0 atom stereocenters. The molecular weight excluding hydrogens is 484 g/mol. The maximum absolute atomic E-state index is 13.4. The number of nitrogen functional groups attached to an aromatic ring is 1. The molecule has 0 bridgehead atoms. The van der Waals surface area contributed by atoms with Crippen molar-refractivity contribution in [2.75, 3.05) is 5.73 Å². The minimum absolute atomic E-state index is 0.241. The van der Waals surface area contributed by atoms with Gasteiger partial charge in [0.2, 0.25) is 0 Å². The number of nitrogens with zero attached hydrogens (tertiary/aromatic N) is 5. The van der Waals surface area contributed by atoms with Gasteiger partial charge in [-0.05, 0) is 48.5 Å². The maximum Gasteiger partial charge on any atom is 0.278 e. The van der Waals surface area contributed by atoms with Gasteiger partial charge in [0.05, 0.1) is 33.5 Å². The number of aromatic nitrogens is 5. The van der Waals surface area contributed by atoms with E-state index in [1.165, 1.54) is 20.6 Å². The van der Waals surface area contributed by atoms with Gasteiger partial charge >= 0.3 is 0 Å². The standard InChI is InChI=1S/C25H19ClN6O2S/c26-21-11-10-18(35-21)14-20-22(27)23(30-32(20)24(33)16-6-2-1-3-7-16)19-9-5-13-31(25(19)34)15-17-8-4-12-28-29-17/h1-13H,14-15,27H2. The molecule has 0 radical (unpaired) electrons. The van der Waals surface area contributed by atoms with Crippen LogP contribution in [0.4, 0.5) is 5.69 Å². The average Bonchev–Trinajstić information content (AvgIpc) is 3.44. The number of benzene rings is 1. The van der Waals surface area contributed by atoms with E-state index in [0.29, 0.717) is 33.3 Å². The van der Waals surface area contributed by atoms with Crippen LogP contribution in [0.25, 0.3) is 11.3 Å². The summed E-state index contributed by atoms with van der Waals surface area (Å²) in [4.78, 5) is 27.7. The third kappa shape index (κ3) is 4.64. The molecule has 8 nitrogen and oxygen atoms in total. The molecule has 2 N–H and O–H groups in total. The maximum atomic E-state index is 13.4. The Labute approximate surface area is 209 Å². The highest BCUT2D eigenvalue weighted by Gasteiger charge is 2.24. The Kier molecular flexibility index (Phi) is 6.26. The summed E-state index contributed by atoms with van der Waals surface area (Å²) in [6.45, 7) is 0.241. The van der Waals surface area contributed by atoms with E-state index in [9.17, 15) is 9.59 Å². The third-order valence-electron chi connectivity index (χ3n) is 5.44. The molecule has 4 heterocycles. The molecule has 4 aromatic heterocycles. The number of nitrogens with two attached hydrogens (primary N) is 1. The van der Waals surface area contributed by atoms with E-state index < -0.39 is 0 Å². The summed E-state index contributed by atoms with van der Waals surface area (Å²) in [5.74, 6) is -0.336. The van der Waals surface area contributed by atoms with Gasteiger partial charge in [-0.3, -0.25) is 9.59 Å². The summed E-state index contributed by atoms with van der Waals surface area (Å²) in [5, 5.41) is 12.5. The van der Waals surface area contributed by atoms with Crippen molar-refractivity contribution in [1.82, 2.24) is 24.5 Å². The first-order chi connectivity index (χ1) is 17.0. The average molecular weight is 503 g/mol. The lowest BCUT2D eigenvalue weighted by Gasteiger charge is -2.07. The Bertz CT molecular complexity index is 1560. The Balaban J connectivity index is 1.61. The monoisotopic (exact) mass is 502 g/mol. The highest BCUT2D eigenvalue weighted by molar-refractivity contribution is 7.16. The molecule has 35 heavy (non-hydrogen) atoms. The highest BCUT2D eigenvalue weighted by Crippen LogP contribution is 2.31. The van der Waals surface area contributed by atoms with E-state index in [2.05, 4.69) is 15.3 Å². The molecule has 1 aromatic carbocycles. The molecule has 174 valence electrons. The summed E-state index contributed by atoms with van der Waals surface area (Å²) in [5.41, 5.74) is 8.66. The van der Waals surface area contributed by atoms with Crippen molar-refractivity contribution in [3.8, 4) is 11.3 Å². The lowest BCUT2D eigenvalue weighted by molar-refractivity contribution is 0.0942. The summed E-state index contributed by atoms with van der Waals surface area (Å²) >= 11 is 7.51. The van der Waals surface area contributed by atoms with Crippen LogP contribution >= 0.6 is 22.9 Å². The summed E-state index contributed by atoms with van der Waals surface area (Å²) in [6.07, 6.45) is 3.58. The number of anilines is 1. The summed E-state index contributed by atoms with van der Waals surface area (Å²) in [6, 6.07) is 19.4. The van der Waals surface area contributed by atoms with Crippen molar-refractivity contribution in [3.63, 3.8) is 0 Å². The molecule has 5 aromatic rings. The normalized spacial score (nSPS) is 11.0. The van der Waals surface area contributed by atoms with Gasteiger partial charge in [-0.25, -0.2) is 0 Å². The topological polar surface area (TPSA) is 109 Å². The molecule has 10 heteroatoms. The highest BCUT2D eigenvalue weighted by atomic mass is 35.5. The zero-order chi connectivity index (χ0) is 24.4. The summed E-state index contributed by atoms with van der Waals surface area (Å²) in [7, 11) is 0. The van der Waals surface area contributed by atoms with Crippen LogP contribution in [0.1, 0.15) is 26.6 Å². The van der Waals surface area contributed by atoms with Gasteiger partial charge < -0.3 is 10.3 Å². The molecular formula is C25H19ClN6O2S. The zero-order valence-corrected chi connectivity index (χ0v) is 19.9. The lowest BCUT2D eigenvalue weighted by atomic mass is 10.1. The minimum Gasteiger partial charge on any atom is -0.395 e. The van der Waals surface area contributed by atoms with E-state index in [1.807, 2.05) is 12.1 Å². The van der Waals surface area contributed by atoms with Crippen molar-refractivity contribution < 1.29 is 4.79 Å². The van der Waals surface area contributed by atoms with Crippen LogP contribution < -0.4 is 11.3 Å². The Morgan fingerprint density at radius 2 is 1.86 bits per heavy atom. The Morgan fingerprint density at radius 3 is 2.57 bits per heavy atom. The molecule has 0 aliphatic heterocycles. The van der Waals surface area contributed by atoms with Crippen LogP contribution in [0.2, 0.25) is 4.34 Å². The van der Waals surface area contributed by atoms with Gasteiger partial charge in [0.25, 0.3) is 11.5 Å². The van der Waals surface area contributed by atoms with Crippen molar-refractivity contribution >= 4 is 34.5 Å². The first-order valence-corrected chi connectivity index (χ1v) is 11.9. The minimum atomic E-state index is -0.336. The number of rotatable bonds is 6. The molecule has 0 aliphatic carbocycles. The van der Waals surface area contributed by atoms with Crippen molar-refractivity contribution in [3.05, 3.63) is 116 Å². The van der Waals surface area contributed by atoms with E-state index in [1.54, 1.807) is 67.0 Å². The van der Waals surface area contributed by atoms with Gasteiger partial charge in [-0.1, -0.05) is 29.8 Å². The second kappa shape index (κ2) is 9.65. The van der Waals surface area contributed by atoms with Crippen LogP contribution in [-0.2, 0) is 13.0 Å². The molecule has 0 spiro atoms. The number of hydrogen-bond donors (Lipinski definition) is 1. The van der Waals surface area contributed by atoms with Gasteiger partial charge in [-0.2, -0.15) is 20.0 Å². The number of carbonyl (C=O) groups is 1. The molecule has 0 unspecified atom stereocenters. The predicted octanol–water partition coefficient (Wildman–Crippen LogP) is 4.13. The van der Waals surface area contributed by atoms with E-state index in [4.69, 9.17) is 17.3 Å². The molecule has 0 saturated heterocycles. The van der Waals surface area contributed by atoms with Crippen molar-refractivity contribution in [2.45, 2.75) is 13.0 Å². The number of pyridine rings is 1. The lowest BCUT2D eigenvalue weighted by Crippen LogP contribution is -2.22. The van der Waals surface area contributed by atoms with E-state index in [0.717, 1.165) is 4.88 Å². The van der Waals surface area contributed by atoms with Crippen LogP contribution in [0, 0.1) is 0 Å². The molecule has 5 rings (SSSR count). The van der Waals surface area contributed by atoms with Crippen molar-refractivity contribution in [2.24, 2.45) is 0 Å². The number of hydrogen-bond acceptors (Lipinski definition) is 7. The predicted molar refractivity (Wildman–Crippen MR) is 136 cm³/mol. The fourth-order valence-electron chi connectivity index (χ4n) is 3.75. The van der Waals surface area contributed by atoms with Crippen LogP contribution in [0.15, 0.2) is 83.9 Å². The third-order valence-corrected chi connectivity index (χ3v) is 6.67. The van der Waals surface area contributed by atoms with E-state index in [-0.39, 0.29) is 29.4 Å².